The van der Waals surface area contributed by atoms with Gasteiger partial charge in [0, 0.05) is 51.7 Å². The van der Waals surface area contributed by atoms with Gasteiger partial charge < -0.3 is 19.4 Å². The van der Waals surface area contributed by atoms with Gasteiger partial charge in [0.15, 0.2) is 0 Å². The van der Waals surface area contributed by atoms with Gasteiger partial charge in [-0.3, -0.25) is 4.79 Å². The van der Waals surface area contributed by atoms with Gasteiger partial charge in [0.1, 0.15) is 17.5 Å². The fourth-order valence-corrected chi connectivity index (χ4v) is 3.78. The number of amides is 1. The van der Waals surface area contributed by atoms with Crippen LogP contribution < -0.4 is 9.80 Å². The van der Waals surface area contributed by atoms with Gasteiger partial charge in [0.05, 0.1) is 23.8 Å². The first-order valence-electron chi connectivity index (χ1n) is 9.44. The van der Waals surface area contributed by atoms with Crippen LogP contribution in [0.3, 0.4) is 0 Å². The van der Waals surface area contributed by atoms with Crippen molar-refractivity contribution in [2.24, 2.45) is 0 Å². The number of ether oxygens (including phenoxy) is 1. The van der Waals surface area contributed by atoms with E-state index in [2.05, 4.69) is 24.8 Å². The highest BCUT2D eigenvalue weighted by Crippen LogP contribution is 2.26. The molecule has 28 heavy (non-hydrogen) atoms. The molecule has 0 N–H and O–H groups in total. The quantitative estimate of drug-likeness (QED) is 0.772. The molecule has 4 rings (SSSR count). The molecule has 1 amide bonds. The molecule has 0 unspecified atom stereocenters. The Hall–Kier alpha value is -2.45. The predicted molar refractivity (Wildman–Crippen MR) is 107 cm³/mol. The van der Waals surface area contributed by atoms with Gasteiger partial charge in [0.25, 0.3) is 5.91 Å². The Bertz CT molecular complexity index is 850. The molecule has 0 radical (unpaired) electrons. The number of aryl methyl sites for hydroxylation is 1. The number of piperazine rings is 1. The molecule has 2 saturated heterocycles. The SMILES string of the molecule is Cc1nccc(N2CCN(c3ncc(C(=O)N4CCOCC4)cc3Cl)CC2)n1. The minimum atomic E-state index is -0.0480. The van der Waals surface area contributed by atoms with Crippen molar-refractivity contribution in [3.8, 4) is 0 Å². The average Bonchev–Trinajstić information content (AvgIpc) is 2.74. The first-order valence-corrected chi connectivity index (χ1v) is 9.82. The summed E-state index contributed by atoms with van der Waals surface area (Å²) in [6.45, 7) is 7.45. The molecule has 9 heteroatoms. The Morgan fingerprint density at radius 2 is 1.79 bits per heavy atom. The summed E-state index contributed by atoms with van der Waals surface area (Å²) < 4.78 is 5.30. The van der Waals surface area contributed by atoms with Crippen molar-refractivity contribution in [2.75, 3.05) is 62.3 Å². The van der Waals surface area contributed by atoms with E-state index in [-0.39, 0.29) is 5.91 Å². The summed E-state index contributed by atoms with van der Waals surface area (Å²) in [7, 11) is 0. The minimum absolute atomic E-state index is 0.0480. The van der Waals surface area contributed by atoms with Crippen LogP contribution in [0.1, 0.15) is 16.2 Å². The molecule has 0 saturated carbocycles. The van der Waals surface area contributed by atoms with Crippen LogP contribution in [-0.4, -0.2) is 78.2 Å². The van der Waals surface area contributed by atoms with Gasteiger partial charge in [-0.2, -0.15) is 0 Å². The zero-order valence-electron chi connectivity index (χ0n) is 15.8. The van der Waals surface area contributed by atoms with Crippen LogP contribution in [0.5, 0.6) is 0 Å². The summed E-state index contributed by atoms with van der Waals surface area (Å²) in [4.78, 5) is 31.9. The third kappa shape index (κ3) is 4.02. The van der Waals surface area contributed by atoms with E-state index in [4.69, 9.17) is 16.3 Å². The maximum atomic E-state index is 12.6. The standard InChI is InChI=1S/C19H23ClN6O2/c1-14-21-3-2-17(23-14)24-4-6-25(7-5-24)18-16(20)12-15(13-22-18)19(27)26-8-10-28-11-9-26/h2-3,12-13H,4-11H2,1H3. The highest BCUT2D eigenvalue weighted by molar-refractivity contribution is 6.33. The Balaban J connectivity index is 1.42. The first kappa shape index (κ1) is 18.9. The molecule has 2 aliphatic heterocycles. The van der Waals surface area contributed by atoms with E-state index in [1.54, 1.807) is 23.4 Å². The third-order valence-corrected chi connectivity index (χ3v) is 5.31. The van der Waals surface area contributed by atoms with Gasteiger partial charge in [-0.25, -0.2) is 15.0 Å². The van der Waals surface area contributed by atoms with Gasteiger partial charge in [-0.15, -0.1) is 0 Å². The van der Waals surface area contributed by atoms with Gasteiger partial charge >= 0.3 is 0 Å². The number of rotatable bonds is 3. The van der Waals surface area contributed by atoms with Gasteiger partial charge in [-0.05, 0) is 19.1 Å². The van der Waals surface area contributed by atoms with Crippen LogP contribution >= 0.6 is 11.6 Å². The molecule has 0 atom stereocenters. The lowest BCUT2D eigenvalue weighted by molar-refractivity contribution is 0.0302. The molecular formula is C19H23ClN6O2. The van der Waals surface area contributed by atoms with E-state index < -0.39 is 0 Å². The number of halogens is 1. The van der Waals surface area contributed by atoms with E-state index in [0.29, 0.717) is 36.9 Å². The number of carbonyl (C=O) groups excluding carboxylic acids is 1. The van der Waals surface area contributed by atoms with Crippen molar-refractivity contribution in [3.63, 3.8) is 0 Å². The zero-order valence-corrected chi connectivity index (χ0v) is 16.6. The second kappa shape index (κ2) is 8.28. The second-order valence-electron chi connectivity index (χ2n) is 6.87. The molecule has 2 fully saturated rings. The predicted octanol–water partition coefficient (Wildman–Crippen LogP) is 1.63. The summed E-state index contributed by atoms with van der Waals surface area (Å²) in [5.41, 5.74) is 0.519. The monoisotopic (exact) mass is 402 g/mol. The molecule has 148 valence electrons. The largest absolute Gasteiger partial charge is 0.378 e. The number of morpholine rings is 1. The maximum absolute atomic E-state index is 12.6. The summed E-state index contributed by atoms with van der Waals surface area (Å²) >= 11 is 6.49. The summed E-state index contributed by atoms with van der Waals surface area (Å²) in [6, 6.07) is 3.65. The number of aromatic nitrogens is 3. The summed E-state index contributed by atoms with van der Waals surface area (Å²) in [6.07, 6.45) is 3.41. The fraction of sp³-hybridized carbons (Fsp3) is 0.474. The Labute approximate surface area is 169 Å². The topological polar surface area (TPSA) is 74.7 Å². The smallest absolute Gasteiger partial charge is 0.255 e. The molecule has 8 nitrogen and oxygen atoms in total. The van der Waals surface area contributed by atoms with E-state index in [1.165, 1.54) is 0 Å². The van der Waals surface area contributed by atoms with Gasteiger partial charge in [-0.1, -0.05) is 11.6 Å². The van der Waals surface area contributed by atoms with Crippen molar-refractivity contribution in [1.29, 1.82) is 0 Å². The highest BCUT2D eigenvalue weighted by Gasteiger charge is 2.23. The molecular weight excluding hydrogens is 380 g/mol. The molecule has 0 bridgehead atoms. The van der Waals surface area contributed by atoms with Crippen molar-refractivity contribution in [2.45, 2.75) is 6.92 Å². The number of hydrogen-bond acceptors (Lipinski definition) is 7. The molecule has 4 heterocycles. The van der Waals surface area contributed by atoms with E-state index in [9.17, 15) is 4.79 Å². The second-order valence-corrected chi connectivity index (χ2v) is 7.28. The molecule has 2 aromatic rings. The highest BCUT2D eigenvalue weighted by atomic mass is 35.5. The van der Waals surface area contributed by atoms with Gasteiger partial charge in [0.2, 0.25) is 0 Å². The van der Waals surface area contributed by atoms with E-state index in [0.717, 1.165) is 43.6 Å². The van der Waals surface area contributed by atoms with Crippen LogP contribution in [0.4, 0.5) is 11.6 Å². The van der Waals surface area contributed by atoms with Crippen LogP contribution in [0.15, 0.2) is 24.5 Å². The lowest BCUT2D eigenvalue weighted by Gasteiger charge is -2.36. The Morgan fingerprint density at radius 3 is 2.46 bits per heavy atom. The normalized spacial score (nSPS) is 17.7. The van der Waals surface area contributed by atoms with E-state index >= 15 is 0 Å². The minimum Gasteiger partial charge on any atom is -0.378 e. The van der Waals surface area contributed by atoms with Crippen LogP contribution in [0.2, 0.25) is 5.02 Å². The average molecular weight is 403 g/mol. The number of pyridine rings is 1. The van der Waals surface area contributed by atoms with Crippen molar-refractivity contribution >= 4 is 29.1 Å². The van der Waals surface area contributed by atoms with Crippen molar-refractivity contribution in [1.82, 2.24) is 19.9 Å². The number of nitrogens with zero attached hydrogens (tertiary/aromatic N) is 6. The molecule has 0 spiro atoms. The number of carbonyl (C=O) groups is 1. The Kier molecular flexibility index (Phi) is 5.59. The lowest BCUT2D eigenvalue weighted by Crippen LogP contribution is -2.47. The van der Waals surface area contributed by atoms with Crippen LogP contribution in [-0.2, 0) is 4.74 Å². The van der Waals surface area contributed by atoms with Crippen LogP contribution in [0, 0.1) is 6.92 Å². The molecule has 0 aliphatic carbocycles. The molecule has 2 aromatic heterocycles. The maximum Gasteiger partial charge on any atom is 0.255 e. The molecule has 0 aromatic carbocycles. The van der Waals surface area contributed by atoms with Crippen LogP contribution in [0.25, 0.3) is 0 Å². The molecule has 2 aliphatic rings. The number of hydrogen-bond donors (Lipinski definition) is 0. The van der Waals surface area contributed by atoms with Crippen molar-refractivity contribution < 1.29 is 9.53 Å². The fourth-order valence-electron chi connectivity index (χ4n) is 3.50. The summed E-state index contributed by atoms with van der Waals surface area (Å²) in [5, 5.41) is 0.505. The summed E-state index contributed by atoms with van der Waals surface area (Å²) in [5.74, 6) is 2.38. The first-order chi connectivity index (χ1) is 13.6. The van der Waals surface area contributed by atoms with Crippen molar-refractivity contribution in [3.05, 3.63) is 40.9 Å². The number of anilines is 2. The lowest BCUT2D eigenvalue weighted by atomic mass is 10.2. The van der Waals surface area contributed by atoms with E-state index in [1.807, 2.05) is 13.0 Å². The Morgan fingerprint density at radius 1 is 1.07 bits per heavy atom. The zero-order chi connectivity index (χ0) is 19.5. The third-order valence-electron chi connectivity index (χ3n) is 5.03.